The normalized spacial score (nSPS) is 15.0. The molecule has 1 unspecified atom stereocenters. The quantitative estimate of drug-likeness (QED) is 0.617. The van der Waals surface area contributed by atoms with Crippen molar-refractivity contribution >= 4 is 12.6 Å². The lowest BCUT2D eigenvalue weighted by Crippen LogP contribution is -2.35. The van der Waals surface area contributed by atoms with E-state index in [1.165, 1.54) is 0 Å². The van der Waals surface area contributed by atoms with E-state index in [9.17, 15) is 0 Å². The van der Waals surface area contributed by atoms with Gasteiger partial charge in [-0.15, -0.1) is 0 Å². The van der Waals surface area contributed by atoms with E-state index in [0.717, 1.165) is 25.8 Å². The van der Waals surface area contributed by atoms with Gasteiger partial charge in [0.1, 0.15) is 0 Å². The first kappa shape index (κ1) is 11.3. The topological polar surface area (TPSA) is 26.0 Å². The second-order valence-electron chi connectivity index (χ2n) is 3.15. The van der Waals surface area contributed by atoms with E-state index in [1.807, 2.05) is 0 Å². The summed E-state index contributed by atoms with van der Waals surface area (Å²) in [5, 5.41) is 0. The Morgan fingerprint density at radius 1 is 1.27 bits per heavy atom. The second kappa shape index (κ2) is 5.04. The van der Waals surface area contributed by atoms with Gasteiger partial charge in [-0.05, 0) is 25.3 Å². The molecular formula is C9H21NS. The van der Waals surface area contributed by atoms with Crippen molar-refractivity contribution in [2.45, 2.75) is 44.8 Å². The van der Waals surface area contributed by atoms with Gasteiger partial charge in [0.2, 0.25) is 0 Å². The number of hydrogen-bond donors (Lipinski definition) is 2. The van der Waals surface area contributed by atoms with Gasteiger partial charge >= 0.3 is 0 Å². The Labute approximate surface area is 76.2 Å². The molecule has 0 spiro atoms. The van der Waals surface area contributed by atoms with Crippen LogP contribution in [0.1, 0.15) is 40.0 Å². The Balaban J connectivity index is 4.19. The van der Waals surface area contributed by atoms with E-state index in [-0.39, 0.29) is 4.75 Å². The zero-order valence-electron chi connectivity index (χ0n) is 7.93. The molecule has 0 radical (unpaired) electrons. The fourth-order valence-electron chi connectivity index (χ4n) is 1.59. The third-order valence-electron chi connectivity index (χ3n) is 2.76. The molecule has 0 fully saturated rings. The molecule has 0 saturated heterocycles. The van der Waals surface area contributed by atoms with E-state index in [1.54, 1.807) is 0 Å². The van der Waals surface area contributed by atoms with Crippen LogP contribution in [-0.2, 0) is 0 Å². The summed E-state index contributed by atoms with van der Waals surface area (Å²) in [4.78, 5) is 0. The summed E-state index contributed by atoms with van der Waals surface area (Å²) in [6.07, 6.45) is 3.37. The van der Waals surface area contributed by atoms with Gasteiger partial charge in [-0.3, -0.25) is 0 Å². The average molecular weight is 175 g/mol. The Hall–Kier alpha value is 0.310. The lowest BCUT2D eigenvalue weighted by atomic mass is 9.85. The molecule has 0 aromatic heterocycles. The molecule has 0 aliphatic rings. The first-order valence-electron chi connectivity index (χ1n) is 4.57. The maximum Gasteiger partial charge on any atom is 0.0164 e. The van der Waals surface area contributed by atoms with Crippen LogP contribution in [0.2, 0.25) is 0 Å². The smallest absolute Gasteiger partial charge is 0.0164 e. The van der Waals surface area contributed by atoms with Crippen LogP contribution in [0.4, 0.5) is 0 Å². The summed E-state index contributed by atoms with van der Waals surface area (Å²) >= 11 is 4.69. The Kier molecular flexibility index (Phi) is 5.19. The molecule has 0 aromatic rings. The van der Waals surface area contributed by atoms with E-state index in [0.29, 0.717) is 5.92 Å². The highest BCUT2D eigenvalue weighted by Crippen LogP contribution is 2.33. The van der Waals surface area contributed by atoms with Crippen molar-refractivity contribution in [3.63, 3.8) is 0 Å². The van der Waals surface area contributed by atoms with Crippen LogP contribution in [0.25, 0.3) is 0 Å². The first-order valence-corrected chi connectivity index (χ1v) is 5.01. The molecule has 1 atom stereocenters. The lowest BCUT2D eigenvalue weighted by Gasteiger charge is -2.33. The number of rotatable bonds is 5. The van der Waals surface area contributed by atoms with Gasteiger partial charge in [0, 0.05) is 4.75 Å². The molecule has 0 rings (SSSR count). The maximum atomic E-state index is 5.67. The number of nitrogens with two attached hydrogens (primary N) is 1. The zero-order chi connectivity index (χ0) is 8.91. The van der Waals surface area contributed by atoms with Crippen molar-refractivity contribution in [1.29, 1.82) is 0 Å². The lowest BCUT2D eigenvalue weighted by molar-refractivity contribution is 0.355. The summed E-state index contributed by atoms with van der Waals surface area (Å²) < 4.78 is 0.170. The third-order valence-corrected chi connectivity index (χ3v) is 3.76. The van der Waals surface area contributed by atoms with Gasteiger partial charge in [-0.1, -0.05) is 27.2 Å². The summed E-state index contributed by atoms with van der Waals surface area (Å²) in [5.74, 6) is 0.570. The van der Waals surface area contributed by atoms with E-state index >= 15 is 0 Å². The summed E-state index contributed by atoms with van der Waals surface area (Å²) in [5.41, 5.74) is 5.67. The van der Waals surface area contributed by atoms with E-state index in [4.69, 9.17) is 18.4 Å². The minimum Gasteiger partial charge on any atom is -0.330 e. The monoisotopic (exact) mass is 175 g/mol. The number of thiol groups is 1. The minimum atomic E-state index is 0.170. The fraction of sp³-hybridized carbons (Fsp3) is 1.00. The summed E-state index contributed by atoms with van der Waals surface area (Å²) in [6.45, 7) is 7.33. The van der Waals surface area contributed by atoms with Crippen LogP contribution in [0.3, 0.4) is 0 Å². The Bertz CT molecular complexity index is 95.7. The van der Waals surface area contributed by atoms with E-state index in [2.05, 4.69) is 20.8 Å². The third kappa shape index (κ3) is 2.68. The highest BCUT2D eigenvalue weighted by Gasteiger charge is 2.29. The van der Waals surface area contributed by atoms with Crippen LogP contribution in [0.5, 0.6) is 0 Å². The summed E-state index contributed by atoms with van der Waals surface area (Å²) in [6, 6.07) is 0. The molecule has 0 heterocycles. The zero-order valence-corrected chi connectivity index (χ0v) is 8.82. The molecule has 2 heteroatoms. The van der Waals surface area contributed by atoms with Crippen LogP contribution in [-0.4, -0.2) is 11.3 Å². The number of hydrogen-bond acceptors (Lipinski definition) is 2. The highest BCUT2D eigenvalue weighted by molar-refractivity contribution is 7.81. The van der Waals surface area contributed by atoms with Crippen LogP contribution < -0.4 is 5.73 Å². The van der Waals surface area contributed by atoms with Crippen molar-refractivity contribution in [3.05, 3.63) is 0 Å². The second-order valence-corrected chi connectivity index (χ2v) is 4.04. The molecule has 0 aliphatic carbocycles. The van der Waals surface area contributed by atoms with Crippen LogP contribution in [0.15, 0.2) is 0 Å². The standard InChI is InChI=1S/C9H21NS/c1-4-8(7-10)9(11,5-2)6-3/h8,11H,4-7,10H2,1-3H3. The van der Waals surface area contributed by atoms with E-state index < -0.39 is 0 Å². The Morgan fingerprint density at radius 2 is 1.73 bits per heavy atom. The molecule has 0 aromatic carbocycles. The Morgan fingerprint density at radius 3 is 1.82 bits per heavy atom. The molecule has 68 valence electrons. The first-order chi connectivity index (χ1) is 5.14. The minimum absolute atomic E-state index is 0.170. The SMILES string of the molecule is CCC(CN)C(S)(CC)CC. The molecule has 0 amide bonds. The molecule has 2 N–H and O–H groups in total. The molecule has 0 saturated carbocycles. The van der Waals surface area contributed by atoms with Crippen LogP contribution >= 0.6 is 12.6 Å². The van der Waals surface area contributed by atoms with Gasteiger partial charge in [-0.25, -0.2) is 0 Å². The largest absolute Gasteiger partial charge is 0.330 e. The van der Waals surface area contributed by atoms with Gasteiger partial charge < -0.3 is 5.73 Å². The van der Waals surface area contributed by atoms with Crippen molar-refractivity contribution < 1.29 is 0 Å². The van der Waals surface area contributed by atoms with Crippen molar-refractivity contribution in [1.82, 2.24) is 0 Å². The van der Waals surface area contributed by atoms with Crippen LogP contribution in [0, 0.1) is 5.92 Å². The van der Waals surface area contributed by atoms with Gasteiger partial charge in [0.05, 0.1) is 0 Å². The molecule has 0 aliphatic heterocycles. The van der Waals surface area contributed by atoms with Crippen molar-refractivity contribution in [2.24, 2.45) is 11.7 Å². The van der Waals surface area contributed by atoms with Crippen molar-refractivity contribution in [2.75, 3.05) is 6.54 Å². The average Bonchev–Trinajstić information content (AvgIpc) is 2.06. The van der Waals surface area contributed by atoms with Gasteiger partial charge in [0.15, 0.2) is 0 Å². The van der Waals surface area contributed by atoms with Crippen molar-refractivity contribution in [3.8, 4) is 0 Å². The van der Waals surface area contributed by atoms with Gasteiger partial charge in [-0.2, -0.15) is 12.6 Å². The maximum absolute atomic E-state index is 5.67. The van der Waals surface area contributed by atoms with Gasteiger partial charge in [0.25, 0.3) is 0 Å². The molecular weight excluding hydrogens is 154 g/mol. The summed E-state index contributed by atoms with van der Waals surface area (Å²) in [7, 11) is 0. The molecule has 11 heavy (non-hydrogen) atoms. The predicted octanol–water partition coefficient (Wildman–Crippen LogP) is 2.46. The predicted molar refractivity (Wildman–Crippen MR) is 55.1 cm³/mol. The molecule has 1 nitrogen and oxygen atoms in total. The highest BCUT2D eigenvalue weighted by atomic mass is 32.1. The fourth-order valence-corrected chi connectivity index (χ4v) is 1.88. The molecule has 0 bridgehead atoms.